The van der Waals surface area contributed by atoms with E-state index in [1.165, 1.54) is 0 Å². The predicted molar refractivity (Wildman–Crippen MR) is 63.0 cm³/mol. The first-order valence-corrected chi connectivity index (χ1v) is 5.36. The number of ether oxygens (including phenoxy) is 1. The van der Waals surface area contributed by atoms with E-state index in [-0.39, 0.29) is 0 Å². The van der Waals surface area contributed by atoms with Crippen molar-refractivity contribution in [3.63, 3.8) is 0 Å². The van der Waals surface area contributed by atoms with Gasteiger partial charge in [0.05, 0.1) is 0 Å². The van der Waals surface area contributed by atoms with Gasteiger partial charge in [0.2, 0.25) is 0 Å². The maximum Gasteiger partial charge on any atom is 0.332 e. The molecule has 1 aromatic rings. The van der Waals surface area contributed by atoms with E-state index in [4.69, 9.17) is 9.84 Å². The Hall–Kier alpha value is -2.08. The summed E-state index contributed by atoms with van der Waals surface area (Å²) >= 11 is 0. The second-order valence-electron chi connectivity index (χ2n) is 3.73. The van der Waals surface area contributed by atoms with Gasteiger partial charge in [0.15, 0.2) is 12.7 Å². The second-order valence-corrected chi connectivity index (χ2v) is 3.73. The van der Waals surface area contributed by atoms with Crippen LogP contribution >= 0.6 is 0 Å². The molecule has 1 amide bonds. The van der Waals surface area contributed by atoms with Gasteiger partial charge < -0.3 is 9.84 Å². The average molecular weight is 253 g/mol. The molecule has 0 saturated heterocycles. The molecule has 0 radical (unpaired) electrons. The Labute approximate surface area is 104 Å². The Kier molecular flexibility index (Phi) is 5.13. The number of carboxylic acids is 1. The van der Waals surface area contributed by atoms with Crippen molar-refractivity contribution in [3.05, 3.63) is 29.8 Å². The summed E-state index contributed by atoms with van der Waals surface area (Å²) in [6.45, 7) is 2.86. The smallest absolute Gasteiger partial charge is 0.332 e. The number of carbonyl (C=O) groups excluding carboxylic acids is 1. The van der Waals surface area contributed by atoms with Gasteiger partial charge >= 0.3 is 5.97 Å². The zero-order valence-corrected chi connectivity index (χ0v) is 10.2. The minimum atomic E-state index is -1.16. The minimum absolute atomic E-state index is 0.544. The Bertz CT molecular complexity index is 432. The van der Waals surface area contributed by atoms with Crippen LogP contribution in [0.15, 0.2) is 24.3 Å². The lowest BCUT2D eigenvalue weighted by molar-refractivity contribution is -0.151. The van der Waals surface area contributed by atoms with E-state index in [1.54, 1.807) is 19.1 Å². The van der Waals surface area contributed by atoms with Crippen LogP contribution in [-0.4, -0.2) is 29.7 Å². The number of rotatable bonds is 6. The molecule has 0 aliphatic carbocycles. The number of aryl methyl sites for hydroxylation is 1. The fraction of sp³-hybridized carbons (Fsp3) is 0.333. The lowest BCUT2D eigenvalue weighted by atomic mass is 10.2. The van der Waals surface area contributed by atoms with E-state index in [1.807, 2.05) is 24.5 Å². The van der Waals surface area contributed by atoms with Gasteiger partial charge in [-0.2, -0.15) is 0 Å². The Morgan fingerprint density at radius 2 is 2.17 bits per heavy atom. The molecule has 1 unspecified atom stereocenters. The van der Waals surface area contributed by atoms with Crippen LogP contribution in [-0.2, 0) is 14.4 Å². The number of hydroxylamine groups is 1. The Morgan fingerprint density at radius 3 is 2.78 bits per heavy atom. The van der Waals surface area contributed by atoms with Crippen molar-refractivity contribution in [2.24, 2.45) is 0 Å². The van der Waals surface area contributed by atoms with Crippen molar-refractivity contribution in [1.29, 1.82) is 0 Å². The van der Waals surface area contributed by atoms with Crippen molar-refractivity contribution in [2.75, 3.05) is 6.61 Å². The van der Waals surface area contributed by atoms with Gasteiger partial charge in [-0.1, -0.05) is 12.1 Å². The molecule has 6 heteroatoms. The summed E-state index contributed by atoms with van der Waals surface area (Å²) in [6.07, 6.45) is -0.777. The van der Waals surface area contributed by atoms with Gasteiger partial charge in [-0.15, -0.1) is 0 Å². The van der Waals surface area contributed by atoms with E-state index in [2.05, 4.69) is 4.84 Å². The van der Waals surface area contributed by atoms with E-state index < -0.39 is 24.6 Å². The molecule has 6 nitrogen and oxygen atoms in total. The fourth-order valence-corrected chi connectivity index (χ4v) is 1.20. The highest BCUT2D eigenvalue weighted by molar-refractivity contribution is 5.80. The third kappa shape index (κ3) is 4.84. The molecular formula is C12H15NO5. The molecule has 0 fully saturated rings. The molecule has 0 saturated carbocycles. The number of hydrogen-bond acceptors (Lipinski definition) is 4. The third-order valence-electron chi connectivity index (χ3n) is 2.04. The van der Waals surface area contributed by atoms with Gasteiger partial charge in [0.1, 0.15) is 5.75 Å². The SMILES string of the molecule is Cc1cccc(OC(C)C(=O)NOCC(=O)O)c1. The molecule has 1 rings (SSSR count). The summed E-state index contributed by atoms with van der Waals surface area (Å²) in [5.41, 5.74) is 3.02. The molecule has 0 heterocycles. The summed E-state index contributed by atoms with van der Waals surface area (Å²) in [7, 11) is 0. The van der Waals surface area contributed by atoms with Crippen molar-refractivity contribution in [1.82, 2.24) is 5.48 Å². The number of carbonyl (C=O) groups is 2. The molecule has 1 aromatic carbocycles. The highest BCUT2D eigenvalue weighted by Crippen LogP contribution is 2.14. The first-order chi connectivity index (χ1) is 8.49. The van der Waals surface area contributed by atoms with Crippen LogP contribution in [0.2, 0.25) is 0 Å². The first kappa shape index (κ1) is 14.0. The summed E-state index contributed by atoms with van der Waals surface area (Å²) in [5.74, 6) is -1.14. The lowest BCUT2D eigenvalue weighted by Gasteiger charge is -2.14. The molecule has 0 aliphatic heterocycles. The highest BCUT2D eigenvalue weighted by Gasteiger charge is 2.15. The largest absolute Gasteiger partial charge is 0.481 e. The van der Waals surface area contributed by atoms with Gasteiger partial charge in [-0.05, 0) is 31.5 Å². The minimum Gasteiger partial charge on any atom is -0.481 e. The number of benzene rings is 1. The monoisotopic (exact) mass is 253 g/mol. The van der Waals surface area contributed by atoms with E-state index in [0.717, 1.165) is 5.56 Å². The predicted octanol–water partition coefficient (Wildman–Crippen LogP) is 0.895. The first-order valence-electron chi connectivity index (χ1n) is 5.36. The molecule has 0 aliphatic rings. The maximum absolute atomic E-state index is 11.5. The highest BCUT2D eigenvalue weighted by atomic mass is 16.7. The van der Waals surface area contributed by atoms with Crippen LogP contribution in [0, 0.1) is 6.92 Å². The van der Waals surface area contributed by atoms with E-state index in [9.17, 15) is 9.59 Å². The van der Waals surface area contributed by atoms with Crippen LogP contribution in [0.4, 0.5) is 0 Å². The van der Waals surface area contributed by atoms with Gasteiger partial charge in [0, 0.05) is 0 Å². The van der Waals surface area contributed by atoms with Crippen LogP contribution in [0.25, 0.3) is 0 Å². The molecule has 1 atom stereocenters. The van der Waals surface area contributed by atoms with E-state index >= 15 is 0 Å². The zero-order valence-electron chi connectivity index (χ0n) is 10.2. The van der Waals surface area contributed by atoms with Crippen LogP contribution < -0.4 is 10.2 Å². The summed E-state index contributed by atoms with van der Waals surface area (Å²) in [4.78, 5) is 26.1. The third-order valence-corrected chi connectivity index (χ3v) is 2.04. The van der Waals surface area contributed by atoms with Gasteiger partial charge in [-0.3, -0.25) is 9.63 Å². The summed E-state index contributed by atoms with van der Waals surface area (Å²) in [5, 5.41) is 8.32. The van der Waals surface area contributed by atoms with Crippen molar-refractivity contribution in [2.45, 2.75) is 20.0 Å². The number of aliphatic carboxylic acids is 1. The zero-order chi connectivity index (χ0) is 13.5. The topological polar surface area (TPSA) is 84.9 Å². The Balaban J connectivity index is 2.42. The summed E-state index contributed by atoms with van der Waals surface area (Å²) < 4.78 is 5.38. The number of carboxylic acid groups (broad SMARTS) is 1. The van der Waals surface area contributed by atoms with Crippen molar-refractivity contribution < 1.29 is 24.3 Å². The Morgan fingerprint density at radius 1 is 1.44 bits per heavy atom. The molecule has 0 bridgehead atoms. The quantitative estimate of drug-likeness (QED) is 0.735. The van der Waals surface area contributed by atoms with Crippen molar-refractivity contribution in [3.8, 4) is 5.75 Å². The molecular weight excluding hydrogens is 238 g/mol. The fourth-order valence-electron chi connectivity index (χ4n) is 1.20. The number of amides is 1. The summed E-state index contributed by atoms with van der Waals surface area (Å²) in [6, 6.07) is 7.25. The molecule has 2 N–H and O–H groups in total. The van der Waals surface area contributed by atoms with Gasteiger partial charge in [-0.25, -0.2) is 10.3 Å². The number of nitrogens with one attached hydrogen (secondary N) is 1. The van der Waals surface area contributed by atoms with Crippen molar-refractivity contribution >= 4 is 11.9 Å². The van der Waals surface area contributed by atoms with Gasteiger partial charge in [0.25, 0.3) is 5.91 Å². The average Bonchev–Trinajstić information content (AvgIpc) is 2.28. The van der Waals surface area contributed by atoms with Crippen LogP contribution in [0.3, 0.4) is 0 Å². The molecule has 0 aromatic heterocycles. The van der Waals surface area contributed by atoms with Crippen LogP contribution in [0.5, 0.6) is 5.75 Å². The molecule has 98 valence electrons. The number of hydrogen-bond donors (Lipinski definition) is 2. The normalized spacial score (nSPS) is 11.7. The van der Waals surface area contributed by atoms with Crippen LogP contribution in [0.1, 0.15) is 12.5 Å². The lowest BCUT2D eigenvalue weighted by Crippen LogP contribution is -2.37. The molecule has 18 heavy (non-hydrogen) atoms. The second kappa shape index (κ2) is 6.61. The standard InChI is InChI=1S/C12H15NO5/c1-8-4-3-5-10(6-8)18-9(2)12(16)13-17-7-11(14)15/h3-6,9H,7H2,1-2H3,(H,13,16)(H,14,15). The maximum atomic E-state index is 11.5. The van der Waals surface area contributed by atoms with E-state index in [0.29, 0.717) is 5.75 Å². The molecule has 0 spiro atoms.